The van der Waals surface area contributed by atoms with Crippen molar-refractivity contribution in [2.45, 2.75) is 0 Å². The van der Waals surface area contributed by atoms with E-state index in [1.165, 1.54) is 0 Å². The maximum absolute atomic E-state index is 13.3. The van der Waals surface area contributed by atoms with Crippen LogP contribution in [0.25, 0.3) is 11.3 Å². The molecule has 0 amide bonds. The van der Waals surface area contributed by atoms with Gasteiger partial charge in [0.05, 0.1) is 6.33 Å². The molecule has 1 aromatic heterocycles. The SMILES string of the molecule is O=c1[nH]cnc(-c2ccc(F)c(F)c2)c1F. The molecule has 0 radical (unpaired) electrons. The number of nitrogens with one attached hydrogen (secondary N) is 1. The molecule has 0 saturated heterocycles. The number of aromatic nitrogens is 2. The van der Waals surface area contributed by atoms with Gasteiger partial charge in [-0.05, 0) is 18.2 Å². The number of benzene rings is 1. The summed E-state index contributed by atoms with van der Waals surface area (Å²) in [6.45, 7) is 0. The van der Waals surface area contributed by atoms with Gasteiger partial charge >= 0.3 is 0 Å². The summed E-state index contributed by atoms with van der Waals surface area (Å²) >= 11 is 0. The molecule has 1 N–H and O–H groups in total. The van der Waals surface area contributed by atoms with Crippen LogP contribution < -0.4 is 5.56 Å². The number of H-pyrrole nitrogens is 1. The minimum Gasteiger partial charge on any atom is -0.311 e. The Hall–Kier alpha value is -2.11. The molecule has 2 rings (SSSR count). The molecule has 2 aromatic rings. The Kier molecular flexibility index (Phi) is 2.47. The van der Waals surface area contributed by atoms with Crippen molar-refractivity contribution >= 4 is 0 Å². The van der Waals surface area contributed by atoms with Crippen LogP contribution in [0, 0.1) is 17.5 Å². The van der Waals surface area contributed by atoms with Gasteiger partial charge in [0.25, 0.3) is 5.56 Å². The minimum absolute atomic E-state index is 0.00231. The molecule has 0 aliphatic rings. The lowest BCUT2D eigenvalue weighted by atomic mass is 10.1. The molecule has 82 valence electrons. The molecule has 0 aliphatic carbocycles. The Morgan fingerprint density at radius 2 is 1.88 bits per heavy atom. The largest absolute Gasteiger partial charge is 0.311 e. The van der Waals surface area contributed by atoms with Gasteiger partial charge in [-0.3, -0.25) is 4.79 Å². The lowest BCUT2D eigenvalue weighted by Crippen LogP contribution is -2.12. The highest BCUT2D eigenvalue weighted by atomic mass is 19.2. The number of aromatic amines is 1. The van der Waals surface area contributed by atoms with Gasteiger partial charge < -0.3 is 4.98 Å². The molecule has 0 atom stereocenters. The average Bonchev–Trinajstić information content (AvgIpc) is 2.26. The first-order valence-corrected chi connectivity index (χ1v) is 4.28. The minimum atomic E-state index is -1.13. The quantitative estimate of drug-likeness (QED) is 0.806. The van der Waals surface area contributed by atoms with E-state index >= 15 is 0 Å². The van der Waals surface area contributed by atoms with Crippen LogP contribution in [0.2, 0.25) is 0 Å². The molecule has 0 saturated carbocycles. The summed E-state index contributed by atoms with van der Waals surface area (Å²) in [6.07, 6.45) is 0.988. The van der Waals surface area contributed by atoms with E-state index in [0.29, 0.717) is 0 Å². The second kappa shape index (κ2) is 3.80. The topological polar surface area (TPSA) is 45.8 Å². The molecule has 0 unspecified atom stereocenters. The standard InChI is InChI=1S/C10H5F3N2O/c11-6-2-1-5(3-7(6)12)9-8(13)10(16)15-4-14-9/h1-4H,(H,14,15,16). The smallest absolute Gasteiger partial charge is 0.287 e. The van der Waals surface area contributed by atoms with Gasteiger partial charge in [-0.2, -0.15) is 4.39 Å². The van der Waals surface area contributed by atoms with Gasteiger partial charge in [-0.15, -0.1) is 0 Å². The third-order valence-corrected chi connectivity index (χ3v) is 1.99. The summed E-state index contributed by atoms with van der Waals surface area (Å²) < 4.78 is 38.8. The van der Waals surface area contributed by atoms with Crippen LogP contribution in [0.1, 0.15) is 0 Å². The highest BCUT2D eigenvalue weighted by Crippen LogP contribution is 2.19. The summed E-state index contributed by atoms with van der Waals surface area (Å²) in [5.74, 6) is -3.30. The van der Waals surface area contributed by atoms with Gasteiger partial charge in [0, 0.05) is 5.56 Å². The predicted octanol–water partition coefficient (Wildman–Crippen LogP) is 1.85. The summed E-state index contributed by atoms with van der Waals surface area (Å²) in [5, 5.41) is 0. The molecular weight excluding hydrogens is 221 g/mol. The van der Waals surface area contributed by atoms with E-state index in [1.54, 1.807) is 0 Å². The van der Waals surface area contributed by atoms with Crippen LogP contribution in [-0.4, -0.2) is 9.97 Å². The first-order chi connectivity index (χ1) is 7.59. The first kappa shape index (κ1) is 10.4. The summed E-state index contributed by atoms with van der Waals surface area (Å²) in [6, 6.07) is 2.76. The van der Waals surface area contributed by atoms with Crippen LogP contribution in [-0.2, 0) is 0 Å². The van der Waals surface area contributed by atoms with Crippen LogP contribution >= 0.6 is 0 Å². The molecule has 0 bridgehead atoms. The van der Waals surface area contributed by atoms with Gasteiger partial charge in [0.1, 0.15) is 5.69 Å². The highest BCUT2D eigenvalue weighted by molar-refractivity contribution is 5.59. The van der Waals surface area contributed by atoms with Gasteiger partial charge in [0.2, 0.25) is 5.82 Å². The fourth-order valence-corrected chi connectivity index (χ4v) is 1.23. The van der Waals surface area contributed by atoms with Gasteiger partial charge in [-0.25, -0.2) is 13.8 Å². The van der Waals surface area contributed by atoms with E-state index < -0.39 is 23.0 Å². The molecule has 0 spiro atoms. The van der Waals surface area contributed by atoms with Crippen molar-refractivity contribution in [3.05, 3.63) is 52.3 Å². The number of hydrogen-bond acceptors (Lipinski definition) is 2. The number of hydrogen-bond donors (Lipinski definition) is 1. The Balaban J connectivity index is 2.63. The zero-order chi connectivity index (χ0) is 11.7. The van der Waals surface area contributed by atoms with Crippen molar-refractivity contribution in [3.63, 3.8) is 0 Å². The zero-order valence-electron chi connectivity index (χ0n) is 7.80. The zero-order valence-corrected chi connectivity index (χ0v) is 7.80. The predicted molar refractivity (Wildman–Crippen MR) is 50.2 cm³/mol. The Morgan fingerprint density at radius 1 is 1.12 bits per heavy atom. The molecule has 16 heavy (non-hydrogen) atoms. The molecule has 0 fully saturated rings. The molecule has 0 aliphatic heterocycles. The van der Waals surface area contributed by atoms with Crippen LogP contribution in [0.3, 0.4) is 0 Å². The van der Waals surface area contributed by atoms with Gasteiger partial charge in [-0.1, -0.05) is 0 Å². The lowest BCUT2D eigenvalue weighted by Gasteiger charge is -2.01. The average molecular weight is 226 g/mol. The van der Waals surface area contributed by atoms with Crippen molar-refractivity contribution in [3.8, 4) is 11.3 Å². The van der Waals surface area contributed by atoms with E-state index in [9.17, 15) is 18.0 Å². The van der Waals surface area contributed by atoms with Crippen molar-refractivity contribution in [1.29, 1.82) is 0 Å². The van der Waals surface area contributed by atoms with Crippen LogP contribution in [0.15, 0.2) is 29.3 Å². The third kappa shape index (κ3) is 1.69. The van der Waals surface area contributed by atoms with Crippen molar-refractivity contribution in [2.24, 2.45) is 0 Å². The Labute approximate surface area is 87.6 Å². The molecule has 1 aromatic carbocycles. The second-order valence-electron chi connectivity index (χ2n) is 3.02. The van der Waals surface area contributed by atoms with Crippen LogP contribution in [0.5, 0.6) is 0 Å². The summed E-state index contributed by atoms with van der Waals surface area (Å²) in [4.78, 5) is 16.5. The normalized spacial score (nSPS) is 10.4. The van der Waals surface area contributed by atoms with E-state index in [4.69, 9.17) is 0 Å². The molecule has 3 nitrogen and oxygen atoms in total. The lowest BCUT2D eigenvalue weighted by molar-refractivity contribution is 0.509. The van der Waals surface area contributed by atoms with Crippen molar-refractivity contribution in [2.75, 3.05) is 0 Å². The number of rotatable bonds is 1. The number of nitrogens with zero attached hydrogens (tertiary/aromatic N) is 1. The fraction of sp³-hybridized carbons (Fsp3) is 0. The third-order valence-electron chi connectivity index (χ3n) is 1.99. The Bertz CT molecular complexity index is 595. The maximum Gasteiger partial charge on any atom is 0.287 e. The van der Waals surface area contributed by atoms with Crippen molar-refractivity contribution < 1.29 is 13.2 Å². The maximum atomic E-state index is 13.3. The fourth-order valence-electron chi connectivity index (χ4n) is 1.23. The van der Waals surface area contributed by atoms with E-state index in [0.717, 1.165) is 24.5 Å². The first-order valence-electron chi connectivity index (χ1n) is 4.28. The molecule has 6 heteroatoms. The summed E-state index contributed by atoms with van der Waals surface area (Å²) in [5.41, 5.74) is -1.28. The second-order valence-corrected chi connectivity index (χ2v) is 3.02. The van der Waals surface area contributed by atoms with E-state index in [2.05, 4.69) is 4.98 Å². The highest BCUT2D eigenvalue weighted by Gasteiger charge is 2.12. The molecular formula is C10H5F3N2O. The van der Waals surface area contributed by atoms with E-state index in [1.807, 2.05) is 4.98 Å². The monoisotopic (exact) mass is 226 g/mol. The van der Waals surface area contributed by atoms with Crippen LogP contribution in [0.4, 0.5) is 13.2 Å². The van der Waals surface area contributed by atoms with E-state index in [-0.39, 0.29) is 11.3 Å². The number of halogens is 3. The molecule has 1 heterocycles. The Morgan fingerprint density at radius 3 is 2.56 bits per heavy atom. The summed E-state index contributed by atoms with van der Waals surface area (Å²) in [7, 11) is 0. The van der Waals surface area contributed by atoms with Crippen molar-refractivity contribution in [1.82, 2.24) is 9.97 Å². The van der Waals surface area contributed by atoms with Gasteiger partial charge in [0.15, 0.2) is 11.6 Å².